The summed E-state index contributed by atoms with van der Waals surface area (Å²) in [4.78, 5) is 0. The highest BCUT2D eigenvalue weighted by Crippen LogP contribution is 2.33. The minimum absolute atomic E-state index is 0.520. The van der Waals surface area contributed by atoms with Crippen LogP contribution in [-0.2, 0) is 5.41 Å². The molecule has 1 aliphatic rings. The van der Waals surface area contributed by atoms with Crippen molar-refractivity contribution in [3.63, 3.8) is 0 Å². The number of hydrogen-bond acceptors (Lipinski definition) is 3. The van der Waals surface area contributed by atoms with E-state index in [0.29, 0.717) is 5.75 Å². The third-order valence-corrected chi connectivity index (χ3v) is 4.65. The van der Waals surface area contributed by atoms with Gasteiger partial charge in [0.25, 0.3) is 0 Å². The molecule has 1 aliphatic carbocycles. The summed E-state index contributed by atoms with van der Waals surface area (Å²) in [5.41, 5.74) is 0.430. The van der Waals surface area contributed by atoms with Crippen LogP contribution in [0.15, 0.2) is 18.2 Å². The Morgan fingerprint density at radius 2 is 1.95 bits per heavy atom. The lowest BCUT2D eigenvalue weighted by Crippen LogP contribution is -2.14. The molecule has 1 aromatic rings. The largest absolute Gasteiger partial charge is 0.493 e. The monoisotopic (exact) mass is 301 g/mol. The van der Waals surface area contributed by atoms with E-state index in [1.807, 2.05) is 32.0 Å². The van der Waals surface area contributed by atoms with Gasteiger partial charge in [-0.25, -0.2) is 0 Å². The third kappa shape index (κ3) is 4.16. The van der Waals surface area contributed by atoms with Crippen molar-refractivity contribution < 1.29 is 9.47 Å². The predicted molar refractivity (Wildman–Crippen MR) is 88.3 cm³/mol. The van der Waals surface area contributed by atoms with Gasteiger partial charge in [0.15, 0.2) is 11.5 Å². The number of ether oxygens (including phenoxy) is 2. The Kier molecular flexibility index (Phi) is 5.71. The molecule has 22 heavy (non-hydrogen) atoms. The van der Waals surface area contributed by atoms with E-state index in [9.17, 15) is 5.26 Å². The maximum atomic E-state index is 9.24. The number of nitrogens with zero attached hydrogens (tertiary/aromatic N) is 1. The van der Waals surface area contributed by atoms with Gasteiger partial charge in [-0.3, -0.25) is 0 Å². The summed E-state index contributed by atoms with van der Waals surface area (Å²) < 4.78 is 11.3. The van der Waals surface area contributed by atoms with Crippen molar-refractivity contribution in [1.29, 1.82) is 5.26 Å². The van der Waals surface area contributed by atoms with Crippen LogP contribution in [0.5, 0.6) is 11.5 Å². The van der Waals surface area contributed by atoms with Gasteiger partial charge in [-0.1, -0.05) is 31.7 Å². The van der Waals surface area contributed by atoms with Gasteiger partial charge in [0.05, 0.1) is 25.2 Å². The summed E-state index contributed by atoms with van der Waals surface area (Å²) in [5.74, 6) is 2.39. The SMILES string of the molecule is COc1cc(C(C)(C)C#N)ccc1OCCCC1CCCC1. The summed E-state index contributed by atoms with van der Waals surface area (Å²) in [6.45, 7) is 4.54. The molecule has 3 nitrogen and oxygen atoms in total. The minimum Gasteiger partial charge on any atom is -0.493 e. The fraction of sp³-hybridized carbons (Fsp3) is 0.632. The zero-order valence-corrected chi connectivity index (χ0v) is 14.0. The lowest BCUT2D eigenvalue weighted by Gasteiger charge is -2.18. The summed E-state index contributed by atoms with van der Waals surface area (Å²) in [7, 11) is 1.64. The number of nitriles is 1. The average Bonchev–Trinajstić information content (AvgIpc) is 3.04. The fourth-order valence-electron chi connectivity index (χ4n) is 3.09. The molecule has 0 heterocycles. The maximum absolute atomic E-state index is 9.24. The molecule has 0 bridgehead atoms. The zero-order chi connectivity index (χ0) is 16.0. The van der Waals surface area contributed by atoms with Crippen LogP contribution in [0.3, 0.4) is 0 Å². The Morgan fingerprint density at radius 3 is 2.59 bits per heavy atom. The molecule has 0 amide bonds. The lowest BCUT2D eigenvalue weighted by molar-refractivity contribution is 0.275. The first-order valence-corrected chi connectivity index (χ1v) is 8.29. The highest BCUT2D eigenvalue weighted by atomic mass is 16.5. The molecule has 2 rings (SSSR count). The molecule has 0 radical (unpaired) electrons. The van der Waals surface area contributed by atoms with Crippen LogP contribution >= 0.6 is 0 Å². The average molecular weight is 301 g/mol. The molecule has 0 saturated heterocycles. The van der Waals surface area contributed by atoms with E-state index < -0.39 is 5.41 Å². The third-order valence-electron chi connectivity index (χ3n) is 4.65. The second kappa shape index (κ2) is 7.54. The van der Waals surface area contributed by atoms with Crippen LogP contribution in [0.4, 0.5) is 0 Å². The van der Waals surface area contributed by atoms with Gasteiger partial charge in [-0.15, -0.1) is 0 Å². The van der Waals surface area contributed by atoms with E-state index in [1.54, 1.807) is 7.11 Å². The molecule has 0 aliphatic heterocycles. The van der Waals surface area contributed by atoms with Crippen LogP contribution < -0.4 is 9.47 Å². The Bertz CT molecular complexity index is 525. The van der Waals surface area contributed by atoms with Crippen molar-refractivity contribution in [3.8, 4) is 17.6 Å². The molecular formula is C19H27NO2. The molecule has 1 fully saturated rings. The summed E-state index contributed by atoms with van der Waals surface area (Å²) in [5, 5.41) is 9.24. The van der Waals surface area contributed by atoms with E-state index in [4.69, 9.17) is 9.47 Å². The molecular weight excluding hydrogens is 274 g/mol. The number of hydrogen-bond donors (Lipinski definition) is 0. The molecule has 1 aromatic carbocycles. The van der Waals surface area contributed by atoms with Gasteiger partial charge in [0.2, 0.25) is 0 Å². The zero-order valence-electron chi connectivity index (χ0n) is 14.0. The summed E-state index contributed by atoms with van der Waals surface area (Å²) in [6.07, 6.45) is 7.94. The summed E-state index contributed by atoms with van der Waals surface area (Å²) >= 11 is 0. The van der Waals surface area contributed by atoms with Gasteiger partial charge in [0.1, 0.15) is 0 Å². The second-order valence-electron chi connectivity index (χ2n) is 6.74. The van der Waals surface area contributed by atoms with E-state index >= 15 is 0 Å². The number of benzene rings is 1. The van der Waals surface area contributed by atoms with Crippen LogP contribution in [0.1, 0.15) is 57.9 Å². The predicted octanol–water partition coefficient (Wildman–Crippen LogP) is 4.85. The molecule has 1 saturated carbocycles. The van der Waals surface area contributed by atoms with Gasteiger partial charge in [0, 0.05) is 0 Å². The molecule has 3 heteroatoms. The van der Waals surface area contributed by atoms with Crippen molar-refractivity contribution in [3.05, 3.63) is 23.8 Å². The van der Waals surface area contributed by atoms with Crippen molar-refractivity contribution in [2.45, 2.75) is 57.8 Å². The fourth-order valence-corrected chi connectivity index (χ4v) is 3.09. The van der Waals surface area contributed by atoms with Crippen LogP contribution in [0.2, 0.25) is 0 Å². The normalized spacial score (nSPS) is 15.5. The van der Waals surface area contributed by atoms with Crippen molar-refractivity contribution in [1.82, 2.24) is 0 Å². The maximum Gasteiger partial charge on any atom is 0.161 e. The Hall–Kier alpha value is -1.69. The Labute approximate surface area is 134 Å². The molecule has 0 spiro atoms. The highest BCUT2D eigenvalue weighted by molar-refractivity contribution is 5.46. The smallest absolute Gasteiger partial charge is 0.161 e. The Balaban J connectivity index is 1.91. The Morgan fingerprint density at radius 1 is 1.23 bits per heavy atom. The number of rotatable bonds is 7. The molecule has 0 aromatic heterocycles. The van der Waals surface area contributed by atoms with Gasteiger partial charge >= 0.3 is 0 Å². The number of methoxy groups -OCH3 is 1. The van der Waals surface area contributed by atoms with Crippen LogP contribution in [-0.4, -0.2) is 13.7 Å². The van der Waals surface area contributed by atoms with E-state index in [-0.39, 0.29) is 0 Å². The highest BCUT2D eigenvalue weighted by Gasteiger charge is 2.21. The summed E-state index contributed by atoms with van der Waals surface area (Å²) in [6, 6.07) is 8.10. The second-order valence-corrected chi connectivity index (χ2v) is 6.74. The standard InChI is InChI=1S/C19H27NO2/c1-19(2,14-20)16-10-11-17(18(13-16)21-3)22-12-6-9-15-7-4-5-8-15/h10-11,13,15H,4-9,12H2,1-3H3. The van der Waals surface area contributed by atoms with Crippen molar-refractivity contribution >= 4 is 0 Å². The van der Waals surface area contributed by atoms with Crippen LogP contribution in [0.25, 0.3) is 0 Å². The molecule has 0 N–H and O–H groups in total. The van der Waals surface area contributed by atoms with Crippen molar-refractivity contribution in [2.75, 3.05) is 13.7 Å². The molecule has 120 valence electrons. The van der Waals surface area contributed by atoms with Gasteiger partial charge < -0.3 is 9.47 Å². The molecule has 0 unspecified atom stereocenters. The first-order chi connectivity index (χ1) is 10.6. The molecule has 0 atom stereocenters. The first kappa shape index (κ1) is 16.7. The van der Waals surface area contributed by atoms with E-state index in [2.05, 4.69) is 6.07 Å². The van der Waals surface area contributed by atoms with E-state index in [1.165, 1.54) is 32.1 Å². The van der Waals surface area contributed by atoms with Crippen molar-refractivity contribution in [2.24, 2.45) is 5.92 Å². The topological polar surface area (TPSA) is 42.2 Å². The van der Waals surface area contributed by atoms with Crippen LogP contribution in [0, 0.1) is 17.2 Å². The first-order valence-electron chi connectivity index (χ1n) is 8.29. The van der Waals surface area contributed by atoms with Gasteiger partial charge in [-0.05, 0) is 50.3 Å². The quantitative estimate of drug-likeness (QED) is 0.676. The van der Waals surface area contributed by atoms with Gasteiger partial charge in [-0.2, -0.15) is 5.26 Å². The van der Waals surface area contributed by atoms with E-state index in [0.717, 1.165) is 30.3 Å². The minimum atomic E-state index is -0.520. The lowest BCUT2D eigenvalue weighted by atomic mass is 9.86.